The van der Waals surface area contributed by atoms with E-state index in [-0.39, 0.29) is 11.4 Å². The van der Waals surface area contributed by atoms with E-state index in [9.17, 15) is 4.79 Å². The summed E-state index contributed by atoms with van der Waals surface area (Å²) < 4.78 is 5.41. The van der Waals surface area contributed by atoms with Crippen LogP contribution in [0.15, 0.2) is 53.3 Å². The summed E-state index contributed by atoms with van der Waals surface area (Å²) in [6, 6.07) is 6.70. The van der Waals surface area contributed by atoms with Gasteiger partial charge in [-0.25, -0.2) is 4.79 Å². The largest absolute Gasteiger partial charge is 0.461 e. The highest BCUT2D eigenvalue weighted by Gasteiger charge is 2.17. The van der Waals surface area contributed by atoms with Crippen molar-refractivity contribution < 1.29 is 9.53 Å². The van der Waals surface area contributed by atoms with E-state index in [1.54, 1.807) is 24.3 Å². The van der Waals surface area contributed by atoms with Gasteiger partial charge in [-0.1, -0.05) is 37.1 Å². The molecule has 130 valence electrons. The molecule has 3 heteroatoms. The third-order valence-electron chi connectivity index (χ3n) is 3.44. The summed E-state index contributed by atoms with van der Waals surface area (Å²) in [6.07, 6.45) is 6.23. The van der Waals surface area contributed by atoms with Crippen LogP contribution in [0.5, 0.6) is 0 Å². The van der Waals surface area contributed by atoms with Gasteiger partial charge < -0.3 is 4.74 Å². The number of allylic oxidation sites excluding steroid dienone is 2. The second kappa shape index (κ2) is 9.52. The first kappa shape index (κ1) is 20.3. The van der Waals surface area contributed by atoms with Crippen molar-refractivity contribution in [2.24, 2.45) is 5.41 Å². The summed E-state index contributed by atoms with van der Waals surface area (Å²) in [5.74, 6) is -0.336. The number of carbonyl (C=O) groups excluding carboxylic acids is 1. The molecule has 0 N–H and O–H groups in total. The van der Waals surface area contributed by atoms with Gasteiger partial charge in [0.15, 0.2) is 0 Å². The van der Waals surface area contributed by atoms with Crippen LogP contribution in [0.4, 0.5) is 0 Å². The van der Waals surface area contributed by atoms with Gasteiger partial charge in [-0.05, 0) is 69.5 Å². The Hall–Kier alpha value is -1.76. The SMILES string of the molecule is CC(=C=CC(C)(C)COC(=O)c1ccc(Cl)cc1)CCC=C(C)C. The van der Waals surface area contributed by atoms with Crippen LogP contribution in [0.3, 0.4) is 0 Å². The fourth-order valence-electron chi connectivity index (χ4n) is 1.93. The van der Waals surface area contributed by atoms with Crippen LogP contribution in [-0.4, -0.2) is 12.6 Å². The summed E-state index contributed by atoms with van der Waals surface area (Å²) in [7, 11) is 0. The molecule has 0 aliphatic rings. The summed E-state index contributed by atoms with van der Waals surface area (Å²) in [6.45, 7) is 10.6. The van der Waals surface area contributed by atoms with E-state index in [1.165, 1.54) is 11.1 Å². The minimum absolute atomic E-state index is 0.264. The van der Waals surface area contributed by atoms with E-state index in [4.69, 9.17) is 16.3 Å². The molecular weight excluding hydrogens is 320 g/mol. The third kappa shape index (κ3) is 8.19. The van der Waals surface area contributed by atoms with E-state index in [0.29, 0.717) is 17.2 Å². The van der Waals surface area contributed by atoms with Crippen LogP contribution in [0.25, 0.3) is 0 Å². The number of rotatable bonds is 7. The Labute approximate surface area is 150 Å². The van der Waals surface area contributed by atoms with E-state index < -0.39 is 0 Å². The Morgan fingerprint density at radius 2 is 1.83 bits per heavy atom. The quantitative estimate of drug-likeness (QED) is 0.325. The zero-order valence-corrected chi connectivity index (χ0v) is 16.0. The minimum Gasteiger partial charge on any atom is -0.461 e. The van der Waals surface area contributed by atoms with Gasteiger partial charge in [0, 0.05) is 10.4 Å². The summed E-state index contributed by atoms with van der Waals surface area (Å²) >= 11 is 5.82. The molecule has 0 saturated carbocycles. The van der Waals surface area contributed by atoms with Gasteiger partial charge in [-0.3, -0.25) is 0 Å². The molecule has 1 rings (SSSR count). The first-order valence-corrected chi connectivity index (χ1v) is 8.57. The molecule has 0 aromatic heterocycles. The molecule has 2 nitrogen and oxygen atoms in total. The highest BCUT2D eigenvalue weighted by molar-refractivity contribution is 6.30. The molecule has 0 aliphatic heterocycles. The van der Waals surface area contributed by atoms with Crippen molar-refractivity contribution in [3.8, 4) is 0 Å². The van der Waals surface area contributed by atoms with Gasteiger partial charge in [0.05, 0.1) is 5.56 Å². The highest BCUT2D eigenvalue weighted by atomic mass is 35.5. The molecule has 0 spiro atoms. The predicted octanol–water partition coefficient (Wildman–Crippen LogP) is 6.37. The van der Waals surface area contributed by atoms with E-state index in [0.717, 1.165) is 12.8 Å². The van der Waals surface area contributed by atoms with Gasteiger partial charge in [-0.2, -0.15) is 0 Å². The lowest BCUT2D eigenvalue weighted by Crippen LogP contribution is -2.19. The molecule has 0 saturated heterocycles. The molecule has 0 unspecified atom stereocenters. The molecule has 1 aromatic rings. The van der Waals surface area contributed by atoms with Gasteiger partial charge in [0.2, 0.25) is 0 Å². The molecular formula is C21H27ClO2. The number of esters is 1. The van der Waals surface area contributed by atoms with Gasteiger partial charge in [0.1, 0.15) is 6.61 Å². The number of benzene rings is 1. The van der Waals surface area contributed by atoms with Crippen LogP contribution >= 0.6 is 11.6 Å². The molecule has 0 bridgehead atoms. The number of halogens is 1. The Kier molecular flexibility index (Phi) is 8.04. The predicted molar refractivity (Wildman–Crippen MR) is 101 cm³/mol. The molecule has 1 aromatic carbocycles. The zero-order chi connectivity index (χ0) is 18.2. The average Bonchev–Trinajstić information content (AvgIpc) is 2.51. The van der Waals surface area contributed by atoms with Gasteiger partial charge >= 0.3 is 5.97 Å². The lowest BCUT2D eigenvalue weighted by Gasteiger charge is -2.19. The minimum atomic E-state index is -0.336. The smallest absolute Gasteiger partial charge is 0.338 e. The maximum Gasteiger partial charge on any atom is 0.338 e. The number of hydrogen-bond acceptors (Lipinski definition) is 2. The first-order chi connectivity index (χ1) is 11.2. The third-order valence-corrected chi connectivity index (χ3v) is 3.69. The normalized spacial score (nSPS) is 10.6. The van der Waals surface area contributed by atoms with Crippen molar-refractivity contribution in [1.82, 2.24) is 0 Å². The molecule has 0 atom stereocenters. The van der Waals surface area contributed by atoms with Crippen molar-refractivity contribution in [1.29, 1.82) is 0 Å². The summed E-state index contributed by atoms with van der Waals surface area (Å²) in [4.78, 5) is 12.0. The summed E-state index contributed by atoms with van der Waals surface area (Å²) in [5, 5.41) is 0.600. The Bertz CT molecular complexity index is 641. The molecule has 0 radical (unpaired) electrons. The lowest BCUT2D eigenvalue weighted by atomic mass is 9.94. The van der Waals surface area contributed by atoms with Crippen molar-refractivity contribution in [3.05, 3.63) is 63.9 Å². The van der Waals surface area contributed by atoms with Crippen LogP contribution < -0.4 is 0 Å². The van der Waals surface area contributed by atoms with Crippen molar-refractivity contribution in [3.63, 3.8) is 0 Å². The summed E-state index contributed by atoms with van der Waals surface area (Å²) in [5.41, 5.74) is 6.10. The number of ether oxygens (including phenoxy) is 1. The standard InChI is InChI=1S/C21H27ClO2/c1-16(2)7-6-8-17(3)13-14-21(4,5)15-24-20(23)18-9-11-19(22)12-10-18/h7,9-12,14H,6,8,15H2,1-5H3. The molecule has 24 heavy (non-hydrogen) atoms. The second-order valence-electron chi connectivity index (χ2n) is 6.96. The van der Waals surface area contributed by atoms with Crippen molar-refractivity contribution in [2.75, 3.05) is 6.61 Å². The van der Waals surface area contributed by atoms with E-state index in [2.05, 4.69) is 32.6 Å². The van der Waals surface area contributed by atoms with Gasteiger partial charge in [-0.15, -0.1) is 5.73 Å². The van der Waals surface area contributed by atoms with E-state index >= 15 is 0 Å². The van der Waals surface area contributed by atoms with Crippen molar-refractivity contribution >= 4 is 17.6 Å². The van der Waals surface area contributed by atoms with Crippen LogP contribution in [0.1, 0.15) is 57.8 Å². The topological polar surface area (TPSA) is 26.3 Å². The van der Waals surface area contributed by atoms with Gasteiger partial charge in [0.25, 0.3) is 0 Å². The number of hydrogen-bond donors (Lipinski definition) is 0. The average molecular weight is 347 g/mol. The van der Waals surface area contributed by atoms with Crippen LogP contribution in [0.2, 0.25) is 5.02 Å². The Morgan fingerprint density at radius 3 is 2.42 bits per heavy atom. The molecule has 0 amide bonds. The zero-order valence-electron chi connectivity index (χ0n) is 15.3. The Morgan fingerprint density at radius 1 is 1.21 bits per heavy atom. The first-order valence-electron chi connectivity index (χ1n) is 8.19. The lowest BCUT2D eigenvalue weighted by molar-refractivity contribution is 0.0400. The highest BCUT2D eigenvalue weighted by Crippen LogP contribution is 2.19. The van der Waals surface area contributed by atoms with Crippen LogP contribution in [0, 0.1) is 5.41 Å². The monoisotopic (exact) mass is 346 g/mol. The van der Waals surface area contributed by atoms with E-state index in [1.807, 2.05) is 19.9 Å². The maximum atomic E-state index is 12.0. The maximum absolute atomic E-state index is 12.0. The Balaban J connectivity index is 2.58. The molecule has 0 fully saturated rings. The molecule has 0 heterocycles. The fourth-order valence-corrected chi connectivity index (χ4v) is 2.06. The van der Waals surface area contributed by atoms with Crippen LogP contribution in [-0.2, 0) is 4.74 Å². The fraction of sp³-hybridized carbons (Fsp3) is 0.429. The number of carbonyl (C=O) groups is 1. The van der Waals surface area contributed by atoms with Crippen molar-refractivity contribution in [2.45, 2.75) is 47.5 Å². The molecule has 0 aliphatic carbocycles. The second-order valence-corrected chi connectivity index (χ2v) is 7.40.